The van der Waals surface area contributed by atoms with Gasteiger partial charge in [-0.05, 0) is 13.3 Å². The first-order chi connectivity index (χ1) is 4.54. The molecule has 0 aliphatic carbocycles. The van der Waals surface area contributed by atoms with Gasteiger partial charge in [0.1, 0.15) is 6.04 Å². The zero-order valence-electron chi connectivity index (χ0n) is 5.67. The van der Waals surface area contributed by atoms with Gasteiger partial charge in [-0.1, -0.05) is 6.08 Å². The van der Waals surface area contributed by atoms with Crippen molar-refractivity contribution in [1.82, 2.24) is 0 Å². The molecule has 0 bridgehead atoms. The molecule has 0 saturated heterocycles. The van der Waals surface area contributed by atoms with Gasteiger partial charge in [-0.15, -0.1) is 0 Å². The second-order valence-corrected chi connectivity index (χ2v) is 1.97. The number of halogens is 1. The zero-order chi connectivity index (χ0) is 8.15. The maximum Gasteiger partial charge on any atom is 0.320 e. The van der Waals surface area contributed by atoms with Crippen LogP contribution in [0.1, 0.15) is 13.3 Å². The number of allylic oxidation sites excluding steroid dienone is 1. The van der Waals surface area contributed by atoms with Crippen LogP contribution in [0.2, 0.25) is 0 Å². The minimum Gasteiger partial charge on any atom is -0.480 e. The standard InChI is InChI=1S/C6H10FNO2/c1-4(7)2-3-5(8)6(9)10/h2,5H,3,8H2,1H3,(H,9,10)/b4-2+/t5-/m1/s1. The Labute approximate surface area is 58.3 Å². The van der Waals surface area contributed by atoms with Crippen molar-refractivity contribution in [1.29, 1.82) is 0 Å². The van der Waals surface area contributed by atoms with Gasteiger partial charge in [0.2, 0.25) is 0 Å². The van der Waals surface area contributed by atoms with E-state index >= 15 is 0 Å². The highest BCUT2D eigenvalue weighted by Gasteiger charge is 2.08. The lowest BCUT2D eigenvalue weighted by molar-refractivity contribution is -0.138. The Hall–Kier alpha value is -0.900. The van der Waals surface area contributed by atoms with Crippen LogP contribution in [0.25, 0.3) is 0 Å². The summed E-state index contributed by atoms with van der Waals surface area (Å²) in [7, 11) is 0. The lowest BCUT2D eigenvalue weighted by atomic mass is 10.2. The zero-order valence-corrected chi connectivity index (χ0v) is 5.67. The molecule has 0 unspecified atom stereocenters. The van der Waals surface area contributed by atoms with E-state index in [1.54, 1.807) is 0 Å². The molecule has 3 N–H and O–H groups in total. The molecule has 0 amide bonds. The Morgan fingerprint density at radius 2 is 2.40 bits per heavy atom. The molecule has 58 valence electrons. The molecule has 0 aliphatic heterocycles. The molecular weight excluding hydrogens is 137 g/mol. The fraction of sp³-hybridized carbons (Fsp3) is 0.500. The molecule has 3 nitrogen and oxygen atoms in total. The summed E-state index contributed by atoms with van der Waals surface area (Å²) >= 11 is 0. The monoisotopic (exact) mass is 147 g/mol. The molecule has 0 spiro atoms. The fourth-order valence-corrected chi connectivity index (χ4v) is 0.390. The highest BCUT2D eigenvalue weighted by molar-refractivity contribution is 5.73. The maximum absolute atomic E-state index is 11.9. The third-order valence-corrected chi connectivity index (χ3v) is 0.970. The minimum absolute atomic E-state index is 0.0394. The van der Waals surface area contributed by atoms with Crippen molar-refractivity contribution in [3.8, 4) is 0 Å². The molecule has 1 atom stereocenters. The van der Waals surface area contributed by atoms with Crippen LogP contribution >= 0.6 is 0 Å². The molecule has 0 aliphatic rings. The van der Waals surface area contributed by atoms with Crippen LogP contribution in [0.3, 0.4) is 0 Å². The topological polar surface area (TPSA) is 63.3 Å². The smallest absolute Gasteiger partial charge is 0.320 e. The lowest BCUT2D eigenvalue weighted by Gasteiger charge is -1.99. The Balaban J connectivity index is 3.70. The SMILES string of the molecule is C/C(F)=C\C[C@@H](N)C(=O)O. The van der Waals surface area contributed by atoms with E-state index in [0.29, 0.717) is 0 Å². The highest BCUT2D eigenvalue weighted by Crippen LogP contribution is 1.97. The summed E-state index contributed by atoms with van der Waals surface area (Å²) in [4.78, 5) is 10.0. The molecule has 0 rings (SSSR count). The van der Waals surface area contributed by atoms with E-state index in [4.69, 9.17) is 10.8 Å². The number of carbonyl (C=O) groups is 1. The quantitative estimate of drug-likeness (QED) is 0.616. The van der Waals surface area contributed by atoms with Gasteiger partial charge < -0.3 is 10.8 Å². The first kappa shape index (κ1) is 9.10. The van der Waals surface area contributed by atoms with Crippen LogP contribution in [-0.4, -0.2) is 17.1 Å². The molecule has 0 saturated carbocycles. The van der Waals surface area contributed by atoms with Crippen LogP contribution in [-0.2, 0) is 4.79 Å². The summed E-state index contributed by atoms with van der Waals surface area (Å²) in [5, 5.41) is 8.22. The number of hydrogen-bond acceptors (Lipinski definition) is 2. The summed E-state index contributed by atoms with van der Waals surface area (Å²) < 4.78 is 11.9. The van der Waals surface area contributed by atoms with Gasteiger partial charge in [0, 0.05) is 0 Å². The van der Waals surface area contributed by atoms with Crippen molar-refractivity contribution in [3.63, 3.8) is 0 Å². The molecular formula is C6H10FNO2. The first-order valence-corrected chi connectivity index (χ1v) is 2.84. The molecule has 0 fully saturated rings. The lowest BCUT2D eigenvalue weighted by Crippen LogP contribution is -2.29. The Bertz CT molecular complexity index is 152. The van der Waals surface area contributed by atoms with E-state index in [9.17, 15) is 9.18 Å². The highest BCUT2D eigenvalue weighted by atomic mass is 19.1. The van der Waals surface area contributed by atoms with Crippen LogP contribution in [0.5, 0.6) is 0 Å². The second-order valence-electron chi connectivity index (χ2n) is 1.97. The van der Waals surface area contributed by atoms with Gasteiger partial charge >= 0.3 is 5.97 Å². The minimum atomic E-state index is -1.11. The number of nitrogens with two attached hydrogens (primary N) is 1. The van der Waals surface area contributed by atoms with E-state index in [0.717, 1.165) is 6.08 Å². The largest absolute Gasteiger partial charge is 0.480 e. The number of rotatable bonds is 3. The Morgan fingerprint density at radius 3 is 2.70 bits per heavy atom. The first-order valence-electron chi connectivity index (χ1n) is 2.84. The summed E-state index contributed by atoms with van der Waals surface area (Å²) in [6.07, 6.45) is 1.19. The predicted octanol–water partition coefficient (Wildman–Crippen LogP) is 0.662. The van der Waals surface area contributed by atoms with Crippen LogP contribution in [0.4, 0.5) is 4.39 Å². The van der Waals surface area contributed by atoms with Gasteiger partial charge in [0.05, 0.1) is 5.83 Å². The Morgan fingerprint density at radius 1 is 1.90 bits per heavy atom. The van der Waals surface area contributed by atoms with Gasteiger partial charge in [0.15, 0.2) is 0 Å². The summed E-state index contributed by atoms with van der Waals surface area (Å²) in [5.41, 5.74) is 5.05. The molecule has 0 radical (unpaired) electrons. The average Bonchev–Trinajstić information content (AvgIpc) is 1.82. The van der Waals surface area contributed by atoms with Gasteiger partial charge in [-0.25, -0.2) is 4.39 Å². The predicted molar refractivity (Wildman–Crippen MR) is 35.1 cm³/mol. The molecule has 0 aromatic carbocycles. The third kappa shape index (κ3) is 4.03. The molecule has 10 heavy (non-hydrogen) atoms. The molecule has 0 aromatic heterocycles. The van der Waals surface area contributed by atoms with Gasteiger partial charge in [-0.3, -0.25) is 4.79 Å². The van der Waals surface area contributed by atoms with E-state index in [1.165, 1.54) is 6.92 Å². The van der Waals surface area contributed by atoms with E-state index < -0.39 is 17.8 Å². The van der Waals surface area contributed by atoms with Crippen molar-refractivity contribution >= 4 is 5.97 Å². The maximum atomic E-state index is 11.9. The number of hydrogen-bond donors (Lipinski definition) is 2. The number of carboxylic acid groups (broad SMARTS) is 1. The van der Waals surface area contributed by atoms with Crippen LogP contribution in [0.15, 0.2) is 11.9 Å². The summed E-state index contributed by atoms with van der Waals surface area (Å²) in [6.45, 7) is 1.24. The molecule has 0 heterocycles. The number of aliphatic carboxylic acids is 1. The third-order valence-electron chi connectivity index (χ3n) is 0.970. The van der Waals surface area contributed by atoms with E-state index in [2.05, 4.69) is 0 Å². The summed E-state index contributed by atoms with van der Waals surface area (Å²) in [6, 6.07) is -0.995. The molecule has 0 aromatic rings. The second kappa shape index (κ2) is 4.00. The van der Waals surface area contributed by atoms with Crippen molar-refractivity contribution in [3.05, 3.63) is 11.9 Å². The van der Waals surface area contributed by atoms with E-state index in [-0.39, 0.29) is 6.42 Å². The van der Waals surface area contributed by atoms with Gasteiger partial charge in [0.25, 0.3) is 0 Å². The Kier molecular flexibility index (Phi) is 3.64. The van der Waals surface area contributed by atoms with Crippen LogP contribution < -0.4 is 5.73 Å². The van der Waals surface area contributed by atoms with Gasteiger partial charge in [-0.2, -0.15) is 0 Å². The van der Waals surface area contributed by atoms with Crippen LogP contribution in [0, 0.1) is 0 Å². The average molecular weight is 147 g/mol. The fourth-order valence-electron chi connectivity index (χ4n) is 0.390. The van der Waals surface area contributed by atoms with Crippen molar-refractivity contribution in [2.24, 2.45) is 5.73 Å². The normalized spacial score (nSPS) is 14.9. The number of carboxylic acids is 1. The molecule has 4 heteroatoms. The van der Waals surface area contributed by atoms with Crippen molar-refractivity contribution < 1.29 is 14.3 Å². The summed E-state index contributed by atoms with van der Waals surface area (Å²) in [5.74, 6) is -1.52. The van der Waals surface area contributed by atoms with Crippen molar-refractivity contribution in [2.75, 3.05) is 0 Å². The van der Waals surface area contributed by atoms with Crippen molar-refractivity contribution in [2.45, 2.75) is 19.4 Å². The van der Waals surface area contributed by atoms with E-state index in [1.807, 2.05) is 0 Å².